The third-order valence-corrected chi connectivity index (χ3v) is 5.70. The number of nitrogens with one attached hydrogen (secondary N) is 1. The van der Waals surface area contributed by atoms with Crippen LogP contribution in [0, 0.1) is 5.82 Å². The van der Waals surface area contributed by atoms with Crippen molar-refractivity contribution < 1.29 is 9.18 Å². The summed E-state index contributed by atoms with van der Waals surface area (Å²) in [6, 6.07) is 5.99. The molecule has 10 heteroatoms. The summed E-state index contributed by atoms with van der Waals surface area (Å²) in [5, 5.41) is 19.9. The lowest BCUT2D eigenvalue weighted by Gasteiger charge is -2.27. The highest BCUT2D eigenvalue weighted by molar-refractivity contribution is 5.99. The number of fused-ring (bicyclic) bond motifs is 1. The van der Waals surface area contributed by atoms with Crippen molar-refractivity contribution in [1.29, 1.82) is 0 Å². The van der Waals surface area contributed by atoms with Crippen molar-refractivity contribution >= 4 is 5.91 Å². The molecule has 0 saturated carbocycles. The Morgan fingerprint density at radius 2 is 2.06 bits per heavy atom. The molecule has 5 rings (SSSR count). The molecule has 1 amide bonds. The predicted molar refractivity (Wildman–Crippen MR) is 110 cm³/mol. The van der Waals surface area contributed by atoms with Gasteiger partial charge >= 0.3 is 0 Å². The van der Waals surface area contributed by atoms with Crippen molar-refractivity contribution in [3.8, 4) is 22.8 Å². The fraction of sp³-hybridized carbons (Fsp3) is 0.286. The minimum absolute atomic E-state index is 0.134. The normalized spacial score (nSPS) is 13.5. The summed E-state index contributed by atoms with van der Waals surface area (Å²) >= 11 is 0. The molecule has 0 spiro atoms. The lowest BCUT2D eigenvalue weighted by Crippen LogP contribution is -2.36. The highest BCUT2D eigenvalue weighted by Gasteiger charge is 2.30. The quantitative estimate of drug-likeness (QED) is 0.547. The highest BCUT2D eigenvalue weighted by atomic mass is 19.1. The average molecular weight is 420 g/mol. The topological polar surface area (TPSA) is 97.5 Å². The number of aromatic nitrogens is 7. The number of aryl methyl sites for hydroxylation is 2. The second kappa shape index (κ2) is 7.46. The van der Waals surface area contributed by atoms with E-state index in [9.17, 15) is 9.18 Å². The molecular weight excluding hydrogens is 399 g/mol. The van der Waals surface area contributed by atoms with Gasteiger partial charge < -0.3 is 9.47 Å². The maximum atomic E-state index is 13.4. The molecule has 1 aliphatic heterocycles. The number of hydrogen-bond acceptors (Lipinski definition) is 5. The number of aromatic amines is 1. The maximum Gasteiger partial charge on any atom is 0.258 e. The van der Waals surface area contributed by atoms with Gasteiger partial charge in [-0.05, 0) is 31.2 Å². The first-order valence-corrected chi connectivity index (χ1v) is 10.1. The van der Waals surface area contributed by atoms with Crippen molar-refractivity contribution in [2.45, 2.75) is 26.4 Å². The monoisotopic (exact) mass is 420 g/mol. The summed E-state index contributed by atoms with van der Waals surface area (Å²) in [6.45, 7) is 3.74. The van der Waals surface area contributed by atoms with Gasteiger partial charge in [-0.15, -0.1) is 10.2 Å². The van der Waals surface area contributed by atoms with Crippen LogP contribution < -0.4 is 0 Å². The molecule has 0 radical (unpaired) electrons. The van der Waals surface area contributed by atoms with Crippen LogP contribution in [0.15, 0.2) is 36.8 Å². The van der Waals surface area contributed by atoms with Crippen molar-refractivity contribution in [3.05, 3.63) is 59.4 Å². The lowest BCUT2D eigenvalue weighted by atomic mass is 10.0. The van der Waals surface area contributed by atoms with Gasteiger partial charge in [-0.1, -0.05) is 0 Å². The first-order valence-electron chi connectivity index (χ1n) is 10.1. The van der Waals surface area contributed by atoms with E-state index < -0.39 is 0 Å². The van der Waals surface area contributed by atoms with Crippen molar-refractivity contribution in [2.75, 3.05) is 6.54 Å². The molecule has 0 bridgehead atoms. The van der Waals surface area contributed by atoms with E-state index in [1.807, 2.05) is 23.2 Å². The highest BCUT2D eigenvalue weighted by Crippen LogP contribution is 2.30. The molecule has 1 aromatic carbocycles. The molecule has 4 heterocycles. The minimum Gasteiger partial charge on any atom is -0.334 e. The molecule has 1 N–H and O–H groups in total. The Hall–Kier alpha value is -3.82. The first-order chi connectivity index (χ1) is 15.1. The van der Waals surface area contributed by atoms with Crippen molar-refractivity contribution in [3.63, 3.8) is 0 Å². The third kappa shape index (κ3) is 3.20. The largest absolute Gasteiger partial charge is 0.334 e. The van der Waals surface area contributed by atoms with E-state index >= 15 is 0 Å². The van der Waals surface area contributed by atoms with Gasteiger partial charge in [0.05, 0.1) is 24.0 Å². The van der Waals surface area contributed by atoms with E-state index in [2.05, 4.69) is 25.5 Å². The van der Waals surface area contributed by atoms with Crippen LogP contribution in [0.4, 0.5) is 4.39 Å². The van der Waals surface area contributed by atoms with E-state index in [-0.39, 0.29) is 11.7 Å². The fourth-order valence-electron chi connectivity index (χ4n) is 4.07. The van der Waals surface area contributed by atoms with Gasteiger partial charge in [0, 0.05) is 43.4 Å². The van der Waals surface area contributed by atoms with E-state index in [1.54, 1.807) is 23.4 Å². The van der Waals surface area contributed by atoms with Crippen LogP contribution in [0.1, 0.15) is 28.5 Å². The Balaban J connectivity index is 1.48. The summed E-state index contributed by atoms with van der Waals surface area (Å²) < 4.78 is 17.1. The Kier molecular flexibility index (Phi) is 4.61. The summed E-state index contributed by atoms with van der Waals surface area (Å²) in [7, 11) is 1.91. The SMILES string of the molecule is CCn1cnnc1-c1nn(C)c2c1CN(C(=O)c1cn[nH]c1-c1ccc(F)cc1)CC2. The number of benzene rings is 1. The predicted octanol–water partition coefficient (Wildman–Crippen LogP) is 2.43. The number of carbonyl (C=O) groups is 1. The average Bonchev–Trinajstić information content (AvgIpc) is 3.52. The maximum absolute atomic E-state index is 13.4. The second-order valence-electron chi connectivity index (χ2n) is 7.48. The van der Waals surface area contributed by atoms with Crippen LogP contribution in [0.3, 0.4) is 0 Å². The standard InChI is InChI=1S/C21H21FN8O/c1-3-29-12-24-26-20(29)19-16-11-30(9-8-17(16)28(2)27-19)21(31)15-10-23-25-18(15)13-4-6-14(22)7-5-13/h4-7,10,12H,3,8-9,11H2,1-2H3,(H,23,25). The number of hydrogen-bond donors (Lipinski definition) is 1. The number of H-pyrrole nitrogens is 1. The summed E-state index contributed by atoms with van der Waals surface area (Å²) in [6.07, 6.45) is 3.89. The van der Waals surface area contributed by atoms with Crippen molar-refractivity contribution in [1.82, 2.24) is 39.6 Å². The fourth-order valence-corrected chi connectivity index (χ4v) is 4.07. The summed E-state index contributed by atoms with van der Waals surface area (Å²) in [4.78, 5) is 15.2. The van der Waals surface area contributed by atoms with Crippen LogP contribution in [-0.2, 0) is 26.6 Å². The Morgan fingerprint density at radius 1 is 1.26 bits per heavy atom. The van der Waals surface area contributed by atoms with E-state index in [0.717, 1.165) is 23.5 Å². The molecule has 0 fully saturated rings. The van der Waals surface area contributed by atoms with Gasteiger partial charge in [0.1, 0.15) is 17.8 Å². The van der Waals surface area contributed by atoms with Gasteiger partial charge in [0.25, 0.3) is 5.91 Å². The number of carbonyl (C=O) groups excluding carboxylic acids is 1. The Labute approximate surface area is 177 Å². The zero-order chi connectivity index (χ0) is 21.5. The van der Waals surface area contributed by atoms with Crippen LogP contribution in [0.5, 0.6) is 0 Å². The van der Waals surface area contributed by atoms with E-state index in [0.29, 0.717) is 42.2 Å². The van der Waals surface area contributed by atoms with Gasteiger partial charge in [-0.2, -0.15) is 10.2 Å². The third-order valence-electron chi connectivity index (χ3n) is 5.70. The molecule has 0 aliphatic carbocycles. The summed E-state index contributed by atoms with van der Waals surface area (Å²) in [5.74, 6) is 0.234. The lowest BCUT2D eigenvalue weighted by molar-refractivity contribution is 0.0734. The zero-order valence-corrected chi connectivity index (χ0v) is 17.2. The van der Waals surface area contributed by atoms with E-state index in [1.165, 1.54) is 18.3 Å². The summed E-state index contributed by atoms with van der Waals surface area (Å²) in [5.41, 5.74) is 4.57. The van der Waals surface area contributed by atoms with Crippen LogP contribution in [0.2, 0.25) is 0 Å². The number of rotatable bonds is 4. The molecule has 0 atom stereocenters. The Bertz CT molecular complexity index is 1250. The number of amides is 1. The van der Waals surface area contributed by atoms with E-state index in [4.69, 9.17) is 0 Å². The number of nitrogens with zero attached hydrogens (tertiary/aromatic N) is 7. The van der Waals surface area contributed by atoms with Crippen LogP contribution in [-0.4, -0.2) is 52.1 Å². The second-order valence-corrected chi connectivity index (χ2v) is 7.48. The molecule has 0 saturated heterocycles. The van der Waals surface area contributed by atoms with Gasteiger partial charge in [-0.25, -0.2) is 4.39 Å². The molecule has 158 valence electrons. The molecule has 4 aromatic rings. The molecule has 1 aliphatic rings. The van der Waals surface area contributed by atoms with Crippen molar-refractivity contribution in [2.24, 2.45) is 7.05 Å². The zero-order valence-electron chi connectivity index (χ0n) is 17.2. The van der Waals surface area contributed by atoms with Gasteiger partial charge in [0.2, 0.25) is 0 Å². The molecule has 9 nitrogen and oxygen atoms in total. The first kappa shape index (κ1) is 19.2. The molecule has 3 aromatic heterocycles. The molecule has 31 heavy (non-hydrogen) atoms. The number of halogens is 1. The van der Waals surface area contributed by atoms with Gasteiger partial charge in [0.15, 0.2) is 5.82 Å². The van der Waals surface area contributed by atoms with Crippen LogP contribution in [0.25, 0.3) is 22.8 Å². The minimum atomic E-state index is -0.330. The molecule has 0 unspecified atom stereocenters. The van der Waals surface area contributed by atoms with Crippen LogP contribution >= 0.6 is 0 Å². The van der Waals surface area contributed by atoms with Gasteiger partial charge in [-0.3, -0.25) is 14.6 Å². The Morgan fingerprint density at radius 3 is 2.84 bits per heavy atom. The smallest absolute Gasteiger partial charge is 0.258 e. The molecular formula is C21H21FN8O.